The molecule has 13 unspecified atom stereocenters. The number of hydrogen-bond acceptors (Lipinski definition) is 11. The van der Waals surface area contributed by atoms with Crippen molar-refractivity contribution in [3.05, 3.63) is 46.6 Å². The van der Waals surface area contributed by atoms with Crippen molar-refractivity contribution in [2.45, 2.75) is 340 Å². The summed E-state index contributed by atoms with van der Waals surface area (Å²) in [7, 11) is 0. The van der Waals surface area contributed by atoms with Gasteiger partial charge >= 0.3 is 0 Å². The summed E-state index contributed by atoms with van der Waals surface area (Å²) < 4.78 is 36.9. The number of carbonyl (C=O) groups excluding carboxylic acids is 3. The number of Topliss-reactive ketones (excluding diaryl/α,β-unsaturated/α-hetero) is 2. The smallest absolute Gasteiger partial charge is 0.169 e. The minimum Gasteiger partial charge on any atom is -0.392 e. The summed E-state index contributed by atoms with van der Waals surface area (Å²) in [4.78, 5) is 36.9. The Morgan fingerprint density at radius 2 is 0.704 bits per heavy atom. The summed E-state index contributed by atoms with van der Waals surface area (Å²) in [5.74, 6) is 11.1. The Hall–Kier alpha value is -0.908. The van der Waals surface area contributed by atoms with Crippen molar-refractivity contribution in [1.29, 1.82) is 0 Å². The molecule has 15 fully saturated rings. The van der Waals surface area contributed by atoms with Crippen LogP contribution in [0.5, 0.6) is 0 Å². The number of hydrogen-bond donors (Lipinski definition) is 2. The van der Waals surface area contributed by atoms with Gasteiger partial charge in [0.15, 0.2) is 23.1 Å². The standard InChI is InChI=1S/C25H40O3.C25H38O3.C23H34O3.C23H36O2.Ac/c2*1-22(2)19-8-6-16-17-7-9-20(25(5)27-14-15-28-25)24(17,4)12-10-18(16)23(19,3)13-11-21(22)26;1-21-10-8-16(24)14-15(21)4-5-17-18-6-7-20(23(3)25-12-13-26-23)22(18,2)11-9-19(17)21;1-14(24)16-7-8-17-15-6-9-19-21(2,3)20(25)11-13-23(19,5)18(15)10-12-22(16,17)4;/h8,16-18,20-21,26H,6-7,9-15H2,1-5H3;8,16-18,20H,6-7,9-15H2,1-5H3;14,17-20H,4-13H2,1-3H3;9,15-18,20,25H,6-8,10-13H2,1-5H3;/t16?,17?,18?,20-,21?,23+,24-;16?,17?,18?,20-,23+,24-;17?,18?,19?,20-,21-,22-;15?,16-,17?,18?,20+,22-,23-;/m0001./s1. The Kier molecular flexibility index (Phi) is 21.6. The second kappa shape index (κ2) is 28.4. The van der Waals surface area contributed by atoms with E-state index in [4.69, 9.17) is 28.4 Å². The molecule has 1 radical (unpaired) electrons. The molecule has 26 atom stereocenters. The molecular formula is C96H148AcO11. The first-order chi connectivity index (χ1) is 50.2. The molecule has 16 aliphatic carbocycles. The first kappa shape index (κ1) is 82.2. The number of rotatable bonds is 4. The fourth-order valence-corrected chi connectivity index (χ4v) is 34.0. The van der Waals surface area contributed by atoms with Crippen LogP contribution in [0.15, 0.2) is 46.6 Å². The Bertz CT molecular complexity index is 3580. The predicted molar refractivity (Wildman–Crippen MR) is 422 cm³/mol. The van der Waals surface area contributed by atoms with Crippen LogP contribution in [-0.2, 0) is 42.8 Å². The number of aliphatic hydroxyl groups excluding tert-OH is 2. The molecule has 0 aromatic rings. The number of aliphatic hydroxyl groups is 2. The zero-order valence-corrected chi connectivity index (χ0v) is 75.8. The van der Waals surface area contributed by atoms with Crippen molar-refractivity contribution < 1.29 is 97.1 Å². The molecule has 0 bridgehead atoms. The molecule has 3 heterocycles. The number of carbonyl (C=O) groups is 3. The fraction of sp³-hybridized carbons (Fsp3) is 0.885. The van der Waals surface area contributed by atoms with Crippen molar-refractivity contribution in [2.75, 3.05) is 39.6 Å². The predicted octanol–water partition coefficient (Wildman–Crippen LogP) is 20.9. The zero-order chi connectivity index (χ0) is 76.3. The molecule has 19 aliphatic rings. The van der Waals surface area contributed by atoms with Crippen LogP contribution in [0, 0.1) is 198 Å². The van der Waals surface area contributed by atoms with Crippen LogP contribution in [0.4, 0.5) is 0 Å². The Morgan fingerprint density at radius 3 is 1.11 bits per heavy atom. The van der Waals surface area contributed by atoms with E-state index in [-0.39, 0.29) is 117 Å². The van der Waals surface area contributed by atoms with E-state index < -0.39 is 0 Å². The van der Waals surface area contributed by atoms with E-state index in [2.05, 4.69) is 136 Å². The van der Waals surface area contributed by atoms with Crippen LogP contribution < -0.4 is 0 Å². The maximum atomic E-state index is 12.7. The number of ether oxygens (including phenoxy) is 6. The Labute approximate surface area is 689 Å². The van der Waals surface area contributed by atoms with Gasteiger partial charge in [-0.2, -0.15) is 0 Å². The molecule has 2 N–H and O–H groups in total. The monoisotopic (exact) mass is 1700 g/mol. The van der Waals surface area contributed by atoms with Gasteiger partial charge in [-0.15, -0.1) is 0 Å². The van der Waals surface area contributed by atoms with Gasteiger partial charge in [0.1, 0.15) is 11.6 Å². The van der Waals surface area contributed by atoms with E-state index in [0.717, 1.165) is 182 Å². The first-order valence-corrected chi connectivity index (χ1v) is 44.9. The van der Waals surface area contributed by atoms with Crippen molar-refractivity contribution in [3.63, 3.8) is 0 Å². The molecule has 11 nitrogen and oxygen atoms in total. The molecule has 12 saturated carbocycles. The van der Waals surface area contributed by atoms with E-state index in [0.29, 0.717) is 63.2 Å². The van der Waals surface area contributed by atoms with Gasteiger partial charge in [-0.05, 0) is 335 Å². The third-order valence-corrected chi connectivity index (χ3v) is 39.5. The second-order valence-electron chi connectivity index (χ2n) is 44.5. The van der Waals surface area contributed by atoms with Gasteiger partial charge in [-0.1, -0.05) is 124 Å². The van der Waals surface area contributed by atoms with Crippen LogP contribution >= 0.6 is 0 Å². The Balaban J connectivity index is 0.000000115. The normalized spacial score (nSPS) is 50.0. The van der Waals surface area contributed by atoms with Crippen molar-refractivity contribution >= 4 is 17.3 Å². The quantitative estimate of drug-likeness (QED) is 0.259. The summed E-state index contributed by atoms with van der Waals surface area (Å²) in [5, 5.41) is 21.3. The summed E-state index contributed by atoms with van der Waals surface area (Å²) >= 11 is 0. The van der Waals surface area contributed by atoms with Crippen molar-refractivity contribution in [1.82, 2.24) is 0 Å². The number of ketones is 3. The summed E-state index contributed by atoms with van der Waals surface area (Å²) in [6.07, 6.45) is 43.3. The minimum atomic E-state index is -0.380. The molecule has 0 aromatic heterocycles. The Morgan fingerprint density at radius 1 is 0.361 bits per heavy atom. The van der Waals surface area contributed by atoms with Crippen LogP contribution in [-0.4, -0.2) is 96.8 Å². The van der Waals surface area contributed by atoms with Gasteiger partial charge < -0.3 is 38.6 Å². The molecule has 601 valence electrons. The molecule has 108 heavy (non-hydrogen) atoms. The van der Waals surface area contributed by atoms with Crippen LogP contribution in [0.1, 0.15) is 311 Å². The first-order valence-electron chi connectivity index (χ1n) is 44.9. The van der Waals surface area contributed by atoms with Gasteiger partial charge in [0.25, 0.3) is 0 Å². The molecule has 3 saturated heterocycles. The molecule has 12 heteroatoms. The molecule has 0 aromatic carbocycles. The van der Waals surface area contributed by atoms with E-state index in [1.54, 1.807) is 5.57 Å². The van der Waals surface area contributed by atoms with Crippen molar-refractivity contribution in [3.8, 4) is 0 Å². The summed E-state index contributed by atoms with van der Waals surface area (Å²) in [6.45, 7) is 46.3. The van der Waals surface area contributed by atoms with Crippen LogP contribution in [0.3, 0.4) is 0 Å². The number of fused-ring (bicyclic) bond motifs is 20. The van der Waals surface area contributed by atoms with Gasteiger partial charge in [0.2, 0.25) is 0 Å². The fourth-order valence-electron chi connectivity index (χ4n) is 34.0. The molecular weight excluding hydrogens is 1560 g/mol. The van der Waals surface area contributed by atoms with Gasteiger partial charge in [-0.25, -0.2) is 0 Å². The second-order valence-corrected chi connectivity index (χ2v) is 44.5. The van der Waals surface area contributed by atoms with Gasteiger partial charge in [0, 0.05) is 96.8 Å². The van der Waals surface area contributed by atoms with E-state index in [1.165, 1.54) is 126 Å². The zero-order valence-electron chi connectivity index (χ0n) is 71.1. The number of allylic oxidation sites excluding steroid dienone is 5. The largest absolute Gasteiger partial charge is 0.392 e. The van der Waals surface area contributed by atoms with E-state index in [9.17, 15) is 24.6 Å². The van der Waals surface area contributed by atoms with E-state index >= 15 is 0 Å². The summed E-state index contributed by atoms with van der Waals surface area (Å²) in [6, 6.07) is 0. The van der Waals surface area contributed by atoms with Crippen molar-refractivity contribution in [2.24, 2.45) is 154 Å². The van der Waals surface area contributed by atoms with Crippen LogP contribution in [0.2, 0.25) is 0 Å². The maximum absolute atomic E-state index is 12.7. The topological polar surface area (TPSA) is 147 Å². The van der Waals surface area contributed by atoms with Gasteiger partial charge in [0.05, 0.1) is 51.8 Å². The molecule has 19 rings (SSSR count). The third-order valence-electron chi connectivity index (χ3n) is 39.5. The molecule has 3 aliphatic heterocycles. The average molecular weight is 1710 g/mol. The SMILES string of the molecule is CC(=O)[C@H]1CCC2C3CC=C4C(C)(C)[C@@H](O)CC[C@]4(C)C3CC[C@@]21C.CC1(C)C(=O)CC[C@@]2(C)C1=CCC1C2CC[C@@]2(C)C1CC[C@@H]2C1(C)OCCO1.CC1(C)C2=CCC3C(CC[C@@]4(C)C3CC[C@@H]4C3(C)OCCO3)[C@@]2(C)CCC1O.CC1([C@H]2CCC3C4CCC5=CC(=O)CC[C@]5(C)C4CC[C@@]32C)OCCO1.[Ac]. The summed E-state index contributed by atoms with van der Waals surface area (Å²) in [5.41, 5.74) is 7.86. The van der Waals surface area contributed by atoms with Crippen LogP contribution in [0.25, 0.3) is 0 Å². The van der Waals surface area contributed by atoms with E-state index in [1.807, 2.05) is 13.0 Å². The van der Waals surface area contributed by atoms with Gasteiger partial charge in [-0.3, -0.25) is 14.4 Å². The maximum Gasteiger partial charge on any atom is 0.169 e. The molecule has 0 spiro atoms. The third kappa shape index (κ3) is 12.3. The average Bonchev–Trinajstić information content (AvgIpc) is 1.28. The molecule has 0 amide bonds. The minimum absolute atomic E-state index is 0.